The zero-order valence-corrected chi connectivity index (χ0v) is 9.75. The van der Waals surface area contributed by atoms with Crippen molar-refractivity contribution < 1.29 is 9.53 Å². The first-order valence-electron chi connectivity index (χ1n) is 5.29. The number of amides is 1. The molecule has 0 aliphatic rings. The molecule has 0 saturated heterocycles. The Labute approximate surface area is 95.8 Å². The highest BCUT2D eigenvalue weighted by Crippen LogP contribution is 2.15. The maximum Gasteiger partial charge on any atom is 0.253 e. The van der Waals surface area contributed by atoms with E-state index in [4.69, 9.17) is 10.5 Å². The number of benzene rings is 1. The van der Waals surface area contributed by atoms with E-state index in [1.807, 2.05) is 19.1 Å². The van der Waals surface area contributed by atoms with Crippen LogP contribution in [-0.2, 0) is 4.74 Å². The predicted octanol–water partition coefficient (Wildman–Crippen LogP) is 1.34. The van der Waals surface area contributed by atoms with Crippen LogP contribution in [-0.4, -0.2) is 26.2 Å². The van der Waals surface area contributed by atoms with Gasteiger partial charge in [0.05, 0.1) is 5.56 Å². The Morgan fingerprint density at radius 1 is 1.50 bits per heavy atom. The van der Waals surface area contributed by atoms with Gasteiger partial charge in [-0.25, -0.2) is 0 Å². The minimum atomic E-state index is -0.127. The molecule has 0 unspecified atom stereocenters. The van der Waals surface area contributed by atoms with E-state index in [1.165, 1.54) is 0 Å². The number of nitrogens with two attached hydrogens (primary N) is 1. The Morgan fingerprint density at radius 3 is 2.94 bits per heavy atom. The number of hydrogen-bond acceptors (Lipinski definition) is 3. The molecule has 3 N–H and O–H groups in total. The summed E-state index contributed by atoms with van der Waals surface area (Å²) >= 11 is 0. The number of rotatable bonds is 5. The predicted molar refractivity (Wildman–Crippen MR) is 64.4 cm³/mol. The summed E-state index contributed by atoms with van der Waals surface area (Å²) < 4.78 is 4.90. The molecule has 0 bridgehead atoms. The number of anilines is 1. The van der Waals surface area contributed by atoms with Gasteiger partial charge in [0.1, 0.15) is 0 Å². The summed E-state index contributed by atoms with van der Waals surface area (Å²) in [6.45, 7) is 3.13. The second kappa shape index (κ2) is 6.12. The lowest BCUT2D eigenvalue weighted by Gasteiger charge is -2.08. The van der Waals surface area contributed by atoms with Crippen LogP contribution in [0.4, 0.5) is 5.69 Å². The van der Waals surface area contributed by atoms with Crippen molar-refractivity contribution >= 4 is 11.6 Å². The van der Waals surface area contributed by atoms with Gasteiger partial charge in [-0.15, -0.1) is 0 Å². The van der Waals surface area contributed by atoms with Crippen molar-refractivity contribution in [3.63, 3.8) is 0 Å². The molecular weight excluding hydrogens is 204 g/mol. The van der Waals surface area contributed by atoms with E-state index in [0.717, 1.165) is 12.0 Å². The first-order valence-corrected chi connectivity index (χ1v) is 5.29. The van der Waals surface area contributed by atoms with E-state index in [-0.39, 0.29) is 5.91 Å². The van der Waals surface area contributed by atoms with Crippen molar-refractivity contribution in [1.82, 2.24) is 5.32 Å². The lowest BCUT2D eigenvalue weighted by atomic mass is 10.1. The lowest BCUT2D eigenvalue weighted by molar-refractivity contribution is 0.0949. The number of nitrogen functional groups attached to an aromatic ring is 1. The third kappa shape index (κ3) is 3.24. The van der Waals surface area contributed by atoms with Gasteiger partial charge in [-0.1, -0.05) is 12.1 Å². The molecule has 1 amide bonds. The van der Waals surface area contributed by atoms with E-state index in [2.05, 4.69) is 5.32 Å². The quantitative estimate of drug-likeness (QED) is 0.583. The highest BCUT2D eigenvalue weighted by atomic mass is 16.5. The maximum absolute atomic E-state index is 11.7. The number of para-hydroxylation sites is 1. The van der Waals surface area contributed by atoms with Gasteiger partial charge in [-0.3, -0.25) is 4.79 Å². The number of nitrogens with one attached hydrogen (secondary N) is 1. The second-order valence-electron chi connectivity index (χ2n) is 3.64. The van der Waals surface area contributed by atoms with E-state index in [9.17, 15) is 4.79 Å². The average molecular weight is 222 g/mol. The van der Waals surface area contributed by atoms with Gasteiger partial charge in [0.25, 0.3) is 5.91 Å². The van der Waals surface area contributed by atoms with Gasteiger partial charge in [0.2, 0.25) is 0 Å². The van der Waals surface area contributed by atoms with Crippen molar-refractivity contribution in [2.45, 2.75) is 13.3 Å². The van der Waals surface area contributed by atoms with Gasteiger partial charge in [0, 0.05) is 25.9 Å². The van der Waals surface area contributed by atoms with Crippen molar-refractivity contribution in [1.29, 1.82) is 0 Å². The largest absolute Gasteiger partial charge is 0.398 e. The summed E-state index contributed by atoms with van der Waals surface area (Å²) in [4.78, 5) is 11.7. The molecule has 1 aromatic carbocycles. The molecule has 0 radical (unpaired) electrons. The van der Waals surface area contributed by atoms with Crippen LogP contribution in [0.25, 0.3) is 0 Å². The fourth-order valence-electron chi connectivity index (χ4n) is 1.39. The van der Waals surface area contributed by atoms with Crippen LogP contribution in [0, 0.1) is 6.92 Å². The highest BCUT2D eigenvalue weighted by Gasteiger charge is 2.09. The number of ether oxygens (including phenoxy) is 1. The molecule has 1 aromatic rings. The SMILES string of the molecule is COCCCNC(=O)c1cccc(C)c1N. The first-order chi connectivity index (χ1) is 7.66. The molecule has 4 nitrogen and oxygen atoms in total. The van der Waals surface area contributed by atoms with Crippen LogP contribution >= 0.6 is 0 Å². The van der Waals surface area contributed by atoms with Gasteiger partial charge < -0.3 is 15.8 Å². The monoisotopic (exact) mass is 222 g/mol. The Bertz CT molecular complexity index is 364. The summed E-state index contributed by atoms with van der Waals surface area (Å²) in [5, 5.41) is 2.80. The van der Waals surface area contributed by atoms with Gasteiger partial charge in [-0.2, -0.15) is 0 Å². The molecule has 88 valence electrons. The fraction of sp³-hybridized carbons (Fsp3) is 0.417. The molecule has 0 fully saturated rings. The van der Waals surface area contributed by atoms with Gasteiger partial charge in [0.15, 0.2) is 0 Å². The van der Waals surface area contributed by atoms with Crippen molar-refractivity contribution in [2.75, 3.05) is 26.0 Å². The number of hydrogen-bond donors (Lipinski definition) is 2. The van der Waals surface area contributed by atoms with Gasteiger partial charge in [-0.05, 0) is 25.0 Å². The third-order valence-corrected chi connectivity index (χ3v) is 2.38. The smallest absolute Gasteiger partial charge is 0.253 e. The minimum Gasteiger partial charge on any atom is -0.398 e. The molecule has 16 heavy (non-hydrogen) atoms. The number of methoxy groups -OCH3 is 1. The number of carbonyl (C=O) groups is 1. The first kappa shape index (κ1) is 12.5. The number of carbonyl (C=O) groups excluding carboxylic acids is 1. The molecule has 0 atom stereocenters. The normalized spacial score (nSPS) is 10.1. The van der Waals surface area contributed by atoms with Crippen LogP contribution in [0.1, 0.15) is 22.3 Å². The molecule has 0 aliphatic carbocycles. The van der Waals surface area contributed by atoms with Crippen molar-refractivity contribution in [3.8, 4) is 0 Å². The topological polar surface area (TPSA) is 64.3 Å². The average Bonchev–Trinajstić information content (AvgIpc) is 2.28. The van der Waals surface area contributed by atoms with Crippen LogP contribution in [0.5, 0.6) is 0 Å². The van der Waals surface area contributed by atoms with Crippen LogP contribution in [0.3, 0.4) is 0 Å². The zero-order valence-electron chi connectivity index (χ0n) is 9.75. The van der Waals surface area contributed by atoms with Crippen LogP contribution in [0.2, 0.25) is 0 Å². The fourth-order valence-corrected chi connectivity index (χ4v) is 1.39. The summed E-state index contributed by atoms with van der Waals surface area (Å²) in [7, 11) is 1.64. The van der Waals surface area contributed by atoms with Crippen LogP contribution < -0.4 is 11.1 Å². The Kier molecular flexibility index (Phi) is 4.79. The Morgan fingerprint density at radius 2 is 2.25 bits per heavy atom. The number of aryl methyl sites for hydroxylation is 1. The zero-order chi connectivity index (χ0) is 12.0. The minimum absolute atomic E-state index is 0.127. The maximum atomic E-state index is 11.7. The van der Waals surface area contributed by atoms with Crippen molar-refractivity contribution in [2.24, 2.45) is 0 Å². The van der Waals surface area contributed by atoms with Crippen LogP contribution in [0.15, 0.2) is 18.2 Å². The summed E-state index contributed by atoms with van der Waals surface area (Å²) in [6, 6.07) is 5.45. The van der Waals surface area contributed by atoms with E-state index in [1.54, 1.807) is 13.2 Å². The molecule has 0 aliphatic heterocycles. The van der Waals surface area contributed by atoms with E-state index < -0.39 is 0 Å². The molecule has 0 aromatic heterocycles. The highest BCUT2D eigenvalue weighted by molar-refractivity contribution is 5.99. The molecule has 0 saturated carbocycles. The molecule has 4 heteroatoms. The lowest BCUT2D eigenvalue weighted by Crippen LogP contribution is -2.26. The second-order valence-corrected chi connectivity index (χ2v) is 3.64. The van der Waals surface area contributed by atoms with E-state index >= 15 is 0 Å². The molecule has 0 heterocycles. The molecule has 1 rings (SSSR count). The molecule has 0 spiro atoms. The summed E-state index contributed by atoms with van der Waals surface area (Å²) in [5.74, 6) is -0.127. The Hall–Kier alpha value is -1.55. The summed E-state index contributed by atoms with van der Waals surface area (Å²) in [6.07, 6.45) is 0.800. The standard InChI is InChI=1S/C12H18N2O2/c1-9-5-3-6-10(11(9)13)12(15)14-7-4-8-16-2/h3,5-6H,4,7-8,13H2,1-2H3,(H,14,15). The Balaban J connectivity index is 2.56. The molecular formula is C12H18N2O2. The van der Waals surface area contributed by atoms with Crippen molar-refractivity contribution in [3.05, 3.63) is 29.3 Å². The van der Waals surface area contributed by atoms with E-state index in [0.29, 0.717) is 24.4 Å². The third-order valence-electron chi connectivity index (χ3n) is 2.38. The van der Waals surface area contributed by atoms with Gasteiger partial charge >= 0.3 is 0 Å². The summed E-state index contributed by atoms with van der Waals surface area (Å²) in [5.41, 5.74) is 7.84.